The first-order valence-corrected chi connectivity index (χ1v) is 7.75. The van der Waals surface area contributed by atoms with Gasteiger partial charge >= 0.3 is 0 Å². The van der Waals surface area contributed by atoms with E-state index in [2.05, 4.69) is 25.7 Å². The van der Waals surface area contributed by atoms with Crippen LogP contribution in [0.1, 0.15) is 27.2 Å². The summed E-state index contributed by atoms with van der Waals surface area (Å²) in [7, 11) is 2.93. The molecule has 1 rings (SSSR count). The minimum absolute atomic E-state index is 0.0408. The molecule has 1 aliphatic carbocycles. The molecule has 0 fully saturated rings. The molecule has 1 N–H and O–H groups in total. The number of allylic oxidation sites excluding steroid dienone is 1. The summed E-state index contributed by atoms with van der Waals surface area (Å²) in [6, 6.07) is 0. The highest BCUT2D eigenvalue weighted by molar-refractivity contribution is 7.88. The van der Waals surface area contributed by atoms with E-state index in [1.54, 1.807) is 6.26 Å². The monoisotopic (exact) mass is 271 g/mol. The second kappa shape index (κ2) is 5.17. The smallest absolute Gasteiger partial charge is 0.127 e. The molecular formula is C14H25NO2S. The Hall–Kier alpha value is -0.610. The maximum atomic E-state index is 11.7. The van der Waals surface area contributed by atoms with Crippen LogP contribution >= 0.6 is 0 Å². The first kappa shape index (κ1) is 15.4. The largest absolute Gasteiger partial charge is 0.507 e. The van der Waals surface area contributed by atoms with Crippen LogP contribution < -0.4 is 0 Å². The summed E-state index contributed by atoms with van der Waals surface area (Å²) < 4.78 is 11.7. The van der Waals surface area contributed by atoms with Gasteiger partial charge in [0, 0.05) is 18.2 Å². The van der Waals surface area contributed by atoms with Crippen LogP contribution in [0.4, 0.5) is 0 Å². The Balaban J connectivity index is 3.27. The fraction of sp³-hybridized carbons (Fsp3) is 0.714. The summed E-state index contributed by atoms with van der Waals surface area (Å²) in [5.41, 5.74) is -0.0528. The van der Waals surface area contributed by atoms with Gasteiger partial charge in [-0.25, -0.2) is 0 Å². The molecule has 0 aromatic carbocycles. The molecule has 18 heavy (non-hydrogen) atoms. The Morgan fingerprint density at radius 3 is 2.39 bits per heavy atom. The second-order valence-electron chi connectivity index (χ2n) is 6.40. The third kappa shape index (κ3) is 3.04. The molecule has 0 aliphatic heterocycles. The summed E-state index contributed by atoms with van der Waals surface area (Å²) >= 11 is 0. The van der Waals surface area contributed by atoms with Gasteiger partial charge < -0.3 is 10.0 Å². The number of nitrogens with zero attached hydrogens (tertiary/aromatic N) is 1. The number of hydrogen-bond acceptors (Lipinski definition) is 3. The van der Waals surface area contributed by atoms with Gasteiger partial charge in [-0.05, 0) is 32.0 Å². The van der Waals surface area contributed by atoms with Crippen LogP contribution in [-0.2, 0) is 10.8 Å². The molecule has 0 amide bonds. The van der Waals surface area contributed by atoms with Crippen LogP contribution in [0.15, 0.2) is 22.8 Å². The van der Waals surface area contributed by atoms with E-state index in [0.29, 0.717) is 4.91 Å². The summed E-state index contributed by atoms with van der Waals surface area (Å²) in [6.07, 6.45) is 6.23. The molecule has 0 bridgehead atoms. The highest BCUT2D eigenvalue weighted by Crippen LogP contribution is 2.47. The molecule has 3 nitrogen and oxygen atoms in total. The maximum absolute atomic E-state index is 11.7. The Bertz CT molecular complexity index is 405. The van der Waals surface area contributed by atoms with Crippen molar-refractivity contribution in [3.05, 3.63) is 22.8 Å². The van der Waals surface area contributed by atoms with E-state index in [1.807, 2.05) is 26.2 Å². The van der Waals surface area contributed by atoms with Crippen molar-refractivity contribution in [1.29, 1.82) is 0 Å². The standard InChI is InChI=1S/C14H25NO2S/c1-13(2,3)14(10-15(4)5)8-7-11(16)12(9-14)18(6)17/h7,9,16H,8,10H2,1-6H3. The van der Waals surface area contributed by atoms with Crippen molar-refractivity contribution in [1.82, 2.24) is 4.90 Å². The first-order valence-electron chi connectivity index (χ1n) is 6.19. The van der Waals surface area contributed by atoms with Crippen LogP contribution in [0.2, 0.25) is 0 Å². The van der Waals surface area contributed by atoms with E-state index < -0.39 is 10.8 Å². The van der Waals surface area contributed by atoms with Crippen LogP contribution in [0.3, 0.4) is 0 Å². The summed E-state index contributed by atoms with van der Waals surface area (Å²) in [5.74, 6) is 0.175. The Morgan fingerprint density at radius 1 is 1.44 bits per heavy atom. The summed E-state index contributed by atoms with van der Waals surface area (Å²) in [6.45, 7) is 7.46. The lowest BCUT2D eigenvalue weighted by Gasteiger charge is -2.46. The quantitative estimate of drug-likeness (QED) is 0.858. The number of aliphatic hydroxyl groups is 1. The molecular weight excluding hydrogens is 246 g/mol. The molecule has 0 saturated carbocycles. The van der Waals surface area contributed by atoms with E-state index in [0.717, 1.165) is 13.0 Å². The highest BCUT2D eigenvalue weighted by atomic mass is 32.2. The topological polar surface area (TPSA) is 40.5 Å². The SMILES string of the molecule is CN(C)CC1(C(C)(C)C)C=C(S(C)=O)C(O)=CC1. The lowest BCUT2D eigenvalue weighted by Crippen LogP contribution is -2.43. The third-order valence-corrected chi connectivity index (χ3v) is 4.67. The zero-order valence-corrected chi connectivity index (χ0v) is 13.1. The van der Waals surface area contributed by atoms with Gasteiger partial charge in [-0.3, -0.25) is 4.21 Å². The fourth-order valence-electron chi connectivity index (χ4n) is 2.43. The summed E-state index contributed by atoms with van der Waals surface area (Å²) in [4.78, 5) is 2.71. The second-order valence-corrected chi connectivity index (χ2v) is 7.75. The minimum Gasteiger partial charge on any atom is -0.507 e. The Morgan fingerprint density at radius 2 is 2.00 bits per heavy atom. The van der Waals surface area contributed by atoms with Crippen LogP contribution in [0.5, 0.6) is 0 Å². The molecule has 0 aromatic rings. The zero-order chi connectivity index (χ0) is 14.1. The maximum Gasteiger partial charge on any atom is 0.127 e. The lowest BCUT2D eigenvalue weighted by molar-refractivity contribution is 0.102. The van der Waals surface area contributed by atoms with Crippen molar-refractivity contribution < 1.29 is 9.32 Å². The molecule has 2 atom stereocenters. The zero-order valence-electron chi connectivity index (χ0n) is 12.3. The van der Waals surface area contributed by atoms with E-state index >= 15 is 0 Å². The van der Waals surface area contributed by atoms with Gasteiger partial charge in [0.2, 0.25) is 0 Å². The normalized spacial score (nSPS) is 26.8. The van der Waals surface area contributed by atoms with Gasteiger partial charge in [0.25, 0.3) is 0 Å². The van der Waals surface area contributed by atoms with Crippen molar-refractivity contribution in [3.8, 4) is 0 Å². The first-order chi connectivity index (χ1) is 8.09. The van der Waals surface area contributed by atoms with Gasteiger partial charge in [0.15, 0.2) is 0 Å². The van der Waals surface area contributed by atoms with Crippen LogP contribution in [0.25, 0.3) is 0 Å². The molecule has 0 saturated heterocycles. The van der Waals surface area contributed by atoms with E-state index in [-0.39, 0.29) is 16.6 Å². The van der Waals surface area contributed by atoms with Crippen molar-refractivity contribution in [2.45, 2.75) is 27.2 Å². The van der Waals surface area contributed by atoms with Crippen LogP contribution in [-0.4, -0.2) is 41.1 Å². The fourth-order valence-corrected chi connectivity index (χ4v) is 3.20. The molecule has 2 unspecified atom stereocenters. The van der Waals surface area contributed by atoms with Gasteiger partial charge in [-0.1, -0.05) is 26.8 Å². The third-order valence-electron chi connectivity index (χ3n) is 3.72. The van der Waals surface area contributed by atoms with Gasteiger partial charge in [0.1, 0.15) is 5.76 Å². The predicted molar refractivity (Wildman–Crippen MR) is 77.9 cm³/mol. The van der Waals surface area contributed by atoms with Crippen LogP contribution in [0, 0.1) is 10.8 Å². The van der Waals surface area contributed by atoms with Gasteiger partial charge in [0.05, 0.1) is 15.7 Å². The average molecular weight is 271 g/mol. The van der Waals surface area contributed by atoms with Crippen molar-refractivity contribution >= 4 is 10.8 Å². The molecule has 0 radical (unpaired) electrons. The van der Waals surface area contributed by atoms with E-state index in [1.165, 1.54) is 0 Å². The number of hydrogen-bond donors (Lipinski definition) is 1. The minimum atomic E-state index is -1.15. The molecule has 0 spiro atoms. The molecule has 0 heterocycles. The Labute approximate surface area is 113 Å². The van der Waals surface area contributed by atoms with E-state index in [9.17, 15) is 9.32 Å². The number of aliphatic hydroxyl groups excluding tert-OH is 1. The summed E-state index contributed by atoms with van der Waals surface area (Å²) in [5, 5.41) is 9.86. The van der Waals surface area contributed by atoms with Gasteiger partial charge in [-0.15, -0.1) is 0 Å². The predicted octanol–water partition coefficient (Wildman–Crippen LogP) is 2.69. The Kier molecular flexibility index (Phi) is 4.44. The van der Waals surface area contributed by atoms with Crippen molar-refractivity contribution in [2.75, 3.05) is 26.9 Å². The van der Waals surface area contributed by atoms with Crippen molar-refractivity contribution in [3.63, 3.8) is 0 Å². The highest BCUT2D eigenvalue weighted by Gasteiger charge is 2.42. The average Bonchev–Trinajstić information content (AvgIpc) is 2.18. The molecule has 1 aliphatic rings. The lowest BCUT2D eigenvalue weighted by atomic mass is 9.63. The molecule has 104 valence electrons. The molecule has 0 aromatic heterocycles. The van der Waals surface area contributed by atoms with Crippen molar-refractivity contribution in [2.24, 2.45) is 10.8 Å². The molecule has 4 heteroatoms. The van der Waals surface area contributed by atoms with E-state index in [4.69, 9.17) is 0 Å². The van der Waals surface area contributed by atoms with Gasteiger partial charge in [-0.2, -0.15) is 0 Å². The number of rotatable bonds is 3.